The molecule has 0 amide bonds. The Morgan fingerprint density at radius 2 is 1.83 bits per heavy atom. The fourth-order valence-electron chi connectivity index (χ4n) is 1.94. The maximum atomic E-state index is 12.6. The molecular formula is C15H17NOS. The maximum Gasteiger partial charge on any atom is 0.127 e. The molecule has 1 aromatic heterocycles. The number of nitrogens with zero attached hydrogens (tertiary/aromatic N) is 1. The molecule has 2 rings (SSSR count). The van der Waals surface area contributed by atoms with Gasteiger partial charge in [-0.2, -0.15) is 0 Å². The number of hydrogen-bond donors (Lipinski definition) is 0. The summed E-state index contributed by atoms with van der Waals surface area (Å²) in [6, 6.07) is 15.6. The highest BCUT2D eigenvalue weighted by Gasteiger charge is 2.20. The third-order valence-corrected chi connectivity index (χ3v) is 4.50. The first-order valence-corrected chi connectivity index (χ1v) is 7.40. The molecule has 0 radical (unpaired) electrons. The van der Waals surface area contributed by atoms with Gasteiger partial charge in [-0.1, -0.05) is 49.7 Å². The first-order chi connectivity index (χ1) is 8.83. The maximum absolute atomic E-state index is 12.6. The molecule has 94 valence electrons. The van der Waals surface area contributed by atoms with Crippen LogP contribution in [-0.2, 0) is 10.8 Å². The normalized spacial score (nSPS) is 14.1. The van der Waals surface area contributed by atoms with Gasteiger partial charge < -0.3 is 0 Å². The molecule has 2 aromatic rings. The van der Waals surface area contributed by atoms with Crippen LogP contribution in [0, 0.1) is 0 Å². The van der Waals surface area contributed by atoms with E-state index >= 15 is 0 Å². The molecular weight excluding hydrogens is 242 g/mol. The van der Waals surface area contributed by atoms with Gasteiger partial charge in [-0.05, 0) is 24.1 Å². The molecule has 0 aliphatic carbocycles. The third-order valence-electron chi connectivity index (χ3n) is 2.82. The minimum absolute atomic E-state index is 0.0334. The summed E-state index contributed by atoms with van der Waals surface area (Å²) in [7, 11) is -1.08. The lowest BCUT2D eigenvalue weighted by atomic mass is 10.1. The summed E-state index contributed by atoms with van der Waals surface area (Å²) in [4.78, 5) is 4.21. The number of benzene rings is 1. The zero-order valence-electron chi connectivity index (χ0n) is 10.5. The van der Waals surface area contributed by atoms with Gasteiger partial charge in [0.1, 0.15) is 5.03 Å². The van der Waals surface area contributed by atoms with Crippen molar-refractivity contribution in [1.29, 1.82) is 0 Å². The molecule has 1 aromatic carbocycles. The van der Waals surface area contributed by atoms with E-state index in [-0.39, 0.29) is 5.25 Å². The van der Waals surface area contributed by atoms with E-state index in [0.29, 0.717) is 5.03 Å². The Morgan fingerprint density at radius 3 is 2.44 bits per heavy atom. The van der Waals surface area contributed by atoms with Crippen LogP contribution < -0.4 is 0 Å². The van der Waals surface area contributed by atoms with Gasteiger partial charge in [0.05, 0.1) is 16.0 Å². The van der Waals surface area contributed by atoms with Gasteiger partial charge >= 0.3 is 0 Å². The molecule has 2 nitrogen and oxygen atoms in total. The van der Waals surface area contributed by atoms with Crippen LogP contribution in [0.5, 0.6) is 0 Å². The van der Waals surface area contributed by atoms with Crippen LogP contribution in [0.2, 0.25) is 0 Å². The van der Waals surface area contributed by atoms with Gasteiger partial charge in [-0.3, -0.25) is 4.21 Å². The van der Waals surface area contributed by atoms with E-state index in [1.54, 1.807) is 6.20 Å². The van der Waals surface area contributed by atoms with Crippen molar-refractivity contribution >= 4 is 10.8 Å². The van der Waals surface area contributed by atoms with Gasteiger partial charge in [0.25, 0.3) is 0 Å². The van der Waals surface area contributed by atoms with Crippen molar-refractivity contribution in [1.82, 2.24) is 4.98 Å². The van der Waals surface area contributed by atoms with Crippen molar-refractivity contribution in [2.75, 3.05) is 0 Å². The summed E-state index contributed by atoms with van der Waals surface area (Å²) in [5.41, 5.74) is 1.13. The van der Waals surface area contributed by atoms with E-state index < -0.39 is 10.8 Å². The first kappa shape index (κ1) is 13.0. The number of hydrogen-bond acceptors (Lipinski definition) is 2. The van der Waals surface area contributed by atoms with Crippen LogP contribution in [-0.4, -0.2) is 9.19 Å². The SMILES string of the molecule is CCC[C@H](c1ccccc1)[S@@](=O)c1ccccn1. The Labute approximate surface area is 111 Å². The molecule has 18 heavy (non-hydrogen) atoms. The van der Waals surface area contributed by atoms with Crippen molar-refractivity contribution < 1.29 is 4.21 Å². The first-order valence-electron chi connectivity index (χ1n) is 6.19. The summed E-state index contributed by atoms with van der Waals surface area (Å²) in [5, 5.41) is 0.700. The lowest BCUT2D eigenvalue weighted by molar-refractivity contribution is 0.656. The third kappa shape index (κ3) is 3.05. The number of pyridine rings is 1. The molecule has 2 atom stereocenters. The average molecular weight is 259 g/mol. The molecule has 1 heterocycles. The summed E-state index contributed by atoms with van der Waals surface area (Å²) in [6.45, 7) is 2.12. The van der Waals surface area contributed by atoms with E-state index in [1.807, 2.05) is 48.5 Å². The van der Waals surface area contributed by atoms with Crippen LogP contribution in [0.15, 0.2) is 59.8 Å². The Morgan fingerprint density at radius 1 is 1.11 bits per heavy atom. The fourth-order valence-corrected chi connectivity index (χ4v) is 3.46. The molecule has 0 spiro atoms. The molecule has 0 bridgehead atoms. The summed E-state index contributed by atoms with van der Waals surface area (Å²) in [5.74, 6) is 0. The van der Waals surface area contributed by atoms with Gasteiger partial charge in [0.15, 0.2) is 0 Å². The second kappa shape index (κ2) is 6.45. The minimum atomic E-state index is -1.08. The highest BCUT2D eigenvalue weighted by Crippen LogP contribution is 2.28. The van der Waals surface area contributed by atoms with Gasteiger partial charge in [-0.25, -0.2) is 4.98 Å². The Bertz CT molecular complexity index is 498. The lowest BCUT2D eigenvalue weighted by Gasteiger charge is -2.15. The van der Waals surface area contributed by atoms with E-state index in [1.165, 1.54) is 0 Å². The van der Waals surface area contributed by atoms with Crippen molar-refractivity contribution in [3.63, 3.8) is 0 Å². The van der Waals surface area contributed by atoms with Crippen LogP contribution in [0.25, 0.3) is 0 Å². The predicted octanol–water partition coefficient (Wildman–Crippen LogP) is 3.73. The Kier molecular flexibility index (Phi) is 4.65. The van der Waals surface area contributed by atoms with Gasteiger partial charge in [0, 0.05) is 6.20 Å². The van der Waals surface area contributed by atoms with Gasteiger partial charge in [-0.15, -0.1) is 0 Å². The van der Waals surface area contributed by atoms with Crippen LogP contribution in [0.3, 0.4) is 0 Å². The molecule has 0 aliphatic rings. The smallest absolute Gasteiger partial charge is 0.127 e. The summed E-state index contributed by atoms with van der Waals surface area (Å²) in [6.07, 6.45) is 3.62. The second-order valence-corrected chi connectivity index (χ2v) is 5.74. The largest absolute Gasteiger partial charge is 0.252 e. The molecule has 0 aliphatic heterocycles. The van der Waals surface area contributed by atoms with Crippen molar-refractivity contribution in [3.8, 4) is 0 Å². The van der Waals surface area contributed by atoms with E-state index in [2.05, 4.69) is 11.9 Å². The summed E-state index contributed by atoms with van der Waals surface area (Å²) >= 11 is 0. The van der Waals surface area contributed by atoms with Crippen LogP contribution >= 0.6 is 0 Å². The van der Waals surface area contributed by atoms with Crippen molar-refractivity contribution in [3.05, 3.63) is 60.3 Å². The molecule has 0 fully saturated rings. The topological polar surface area (TPSA) is 30.0 Å². The monoisotopic (exact) mass is 259 g/mol. The summed E-state index contributed by atoms with van der Waals surface area (Å²) < 4.78 is 12.6. The molecule has 0 unspecified atom stereocenters. The average Bonchev–Trinajstić information content (AvgIpc) is 2.46. The highest BCUT2D eigenvalue weighted by atomic mass is 32.2. The quantitative estimate of drug-likeness (QED) is 0.819. The standard InChI is InChI=1S/C15H17NOS/c1-2-8-14(13-9-4-3-5-10-13)18(17)15-11-6-7-12-16-15/h3-7,9-12,14H,2,8H2,1H3/t14-,18-/m1/s1. The van der Waals surface area contributed by atoms with E-state index in [4.69, 9.17) is 0 Å². The second-order valence-electron chi connectivity index (χ2n) is 4.15. The molecule has 0 saturated heterocycles. The van der Waals surface area contributed by atoms with Gasteiger partial charge in [0.2, 0.25) is 0 Å². The fraction of sp³-hybridized carbons (Fsp3) is 0.267. The Balaban J connectivity index is 2.29. The van der Waals surface area contributed by atoms with Crippen LogP contribution in [0.4, 0.5) is 0 Å². The predicted molar refractivity (Wildman–Crippen MR) is 74.7 cm³/mol. The number of rotatable bonds is 5. The highest BCUT2D eigenvalue weighted by molar-refractivity contribution is 7.85. The zero-order valence-corrected chi connectivity index (χ0v) is 11.3. The van der Waals surface area contributed by atoms with Crippen molar-refractivity contribution in [2.45, 2.75) is 30.0 Å². The van der Waals surface area contributed by atoms with E-state index in [9.17, 15) is 4.21 Å². The van der Waals surface area contributed by atoms with Crippen LogP contribution in [0.1, 0.15) is 30.6 Å². The molecule has 0 saturated carbocycles. The Hall–Kier alpha value is -1.48. The van der Waals surface area contributed by atoms with Crippen molar-refractivity contribution in [2.24, 2.45) is 0 Å². The molecule has 3 heteroatoms. The zero-order chi connectivity index (χ0) is 12.8. The number of aromatic nitrogens is 1. The van der Waals surface area contributed by atoms with E-state index in [0.717, 1.165) is 18.4 Å². The lowest BCUT2D eigenvalue weighted by Crippen LogP contribution is -2.08. The minimum Gasteiger partial charge on any atom is -0.252 e. The molecule has 0 N–H and O–H groups in total.